The molecule has 4 nitrogen and oxygen atoms in total. The van der Waals surface area contributed by atoms with Crippen LogP contribution in [0.2, 0.25) is 0 Å². The van der Waals surface area contributed by atoms with Crippen LogP contribution in [0.25, 0.3) is 43.1 Å². The first-order valence-electron chi connectivity index (χ1n) is 11.8. The summed E-state index contributed by atoms with van der Waals surface area (Å²) in [5.74, 6) is 0. The number of fused-ring (bicyclic) bond motifs is 2. The van der Waals surface area contributed by atoms with Crippen LogP contribution in [0.15, 0.2) is 48.5 Å². The summed E-state index contributed by atoms with van der Waals surface area (Å²) in [7, 11) is 0. The number of benzene rings is 5. The lowest BCUT2D eigenvalue weighted by Gasteiger charge is -2.31. The molecule has 5 aromatic rings. The van der Waals surface area contributed by atoms with E-state index in [2.05, 4.69) is 58.3 Å². The van der Waals surface area contributed by atoms with Gasteiger partial charge in [-0.05, 0) is 65.3 Å². The molecule has 32 heavy (non-hydrogen) atoms. The smallest absolute Gasteiger partial charge is 0.0244 e. The van der Waals surface area contributed by atoms with Crippen molar-refractivity contribution in [3.05, 3.63) is 70.8 Å². The van der Waals surface area contributed by atoms with Gasteiger partial charge in [0.1, 0.15) is 0 Å². The number of nitrogens with two attached hydrogens (primary N) is 2. The van der Waals surface area contributed by atoms with E-state index in [-0.39, 0.29) is 0 Å². The van der Waals surface area contributed by atoms with Crippen molar-refractivity contribution in [2.24, 2.45) is 11.5 Å². The van der Waals surface area contributed by atoms with Crippen LogP contribution in [-0.2, 0) is 26.2 Å². The Morgan fingerprint density at radius 2 is 0.781 bits per heavy atom. The molecule has 5 aromatic carbocycles. The maximum atomic E-state index is 5.87. The summed E-state index contributed by atoms with van der Waals surface area (Å²) < 4.78 is 0. The average Bonchev–Trinajstić information content (AvgIpc) is 2.81. The predicted molar refractivity (Wildman–Crippen MR) is 134 cm³/mol. The van der Waals surface area contributed by atoms with Crippen molar-refractivity contribution in [3.63, 3.8) is 0 Å². The standard InChI is InChI=1S/C28H28N4/c29-9-11-31-13-17-1-5-21-22-6-3-19-15-32(12-10-30)16-20-4-8-24(28(22)26(19)20)23-7-2-18(14-31)25(17)27(21)23/h1-8H,9-16,29-30H2. The first-order chi connectivity index (χ1) is 15.8. The number of rotatable bonds is 4. The largest absolute Gasteiger partial charge is 0.329 e. The number of hydrogen-bond donors (Lipinski definition) is 2. The van der Waals surface area contributed by atoms with E-state index in [9.17, 15) is 0 Å². The fourth-order valence-corrected chi connectivity index (χ4v) is 6.47. The predicted octanol–water partition coefficient (Wildman–Crippen LogP) is 4.29. The van der Waals surface area contributed by atoms with E-state index in [1.807, 2.05) is 0 Å². The lowest BCUT2D eigenvalue weighted by Crippen LogP contribution is -2.31. The zero-order chi connectivity index (χ0) is 21.4. The van der Waals surface area contributed by atoms with Gasteiger partial charge in [0.2, 0.25) is 0 Å². The van der Waals surface area contributed by atoms with Crippen molar-refractivity contribution in [3.8, 4) is 0 Å². The monoisotopic (exact) mass is 420 g/mol. The third kappa shape index (κ3) is 2.46. The zero-order valence-corrected chi connectivity index (χ0v) is 18.3. The Bertz CT molecular complexity index is 1300. The molecule has 2 heterocycles. The molecule has 0 saturated carbocycles. The third-order valence-electron chi connectivity index (χ3n) is 7.71. The van der Waals surface area contributed by atoms with E-state index < -0.39 is 0 Å². The second kappa shape index (κ2) is 6.87. The Kier molecular flexibility index (Phi) is 4.03. The minimum atomic E-state index is 0.706. The molecule has 0 aliphatic carbocycles. The minimum Gasteiger partial charge on any atom is -0.329 e. The summed E-state index contributed by atoms with van der Waals surface area (Å²) >= 11 is 0. The van der Waals surface area contributed by atoms with Crippen molar-refractivity contribution in [1.82, 2.24) is 9.80 Å². The molecule has 4 heteroatoms. The summed E-state index contributed by atoms with van der Waals surface area (Å²) in [6.45, 7) is 7.25. The molecule has 0 atom stereocenters. The second-order valence-corrected chi connectivity index (χ2v) is 9.59. The molecule has 0 amide bonds. The molecule has 0 saturated heterocycles. The maximum Gasteiger partial charge on any atom is 0.0244 e. The molecule has 0 fully saturated rings. The Hall–Kier alpha value is -2.76. The Balaban J connectivity index is 1.55. The van der Waals surface area contributed by atoms with Gasteiger partial charge in [0.05, 0.1) is 0 Å². The second-order valence-electron chi connectivity index (χ2n) is 9.59. The van der Waals surface area contributed by atoms with Gasteiger partial charge in [0.25, 0.3) is 0 Å². The number of hydrogen-bond acceptors (Lipinski definition) is 4. The van der Waals surface area contributed by atoms with Crippen LogP contribution in [-0.4, -0.2) is 36.0 Å². The molecule has 160 valence electrons. The van der Waals surface area contributed by atoms with Crippen molar-refractivity contribution in [1.29, 1.82) is 0 Å². The zero-order valence-electron chi connectivity index (χ0n) is 18.3. The lowest BCUT2D eigenvalue weighted by atomic mass is 9.83. The highest BCUT2D eigenvalue weighted by molar-refractivity contribution is 6.34. The van der Waals surface area contributed by atoms with Crippen LogP contribution >= 0.6 is 0 Å². The van der Waals surface area contributed by atoms with Crippen molar-refractivity contribution >= 4 is 43.1 Å². The van der Waals surface area contributed by atoms with Crippen molar-refractivity contribution in [2.45, 2.75) is 26.2 Å². The molecule has 0 aromatic heterocycles. The van der Waals surface area contributed by atoms with Crippen LogP contribution in [0.4, 0.5) is 0 Å². The molecule has 0 bridgehead atoms. The van der Waals surface area contributed by atoms with Gasteiger partial charge >= 0.3 is 0 Å². The fourth-order valence-electron chi connectivity index (χ4n) is 6.47. The Morgan fingerprint density at radius 3 is 1.06 bits per heavy atom. The summed E-state index contributed by atoms with van der Waals surface area (Å²) in [6.07, 6.45) is 0. The number of nitrogens with zero attached hydrogens (tertiary/aromatic N) is 2. The molecule has 0 radical (unpaired) electrons. The summed E-state index contributed by atoms with van der Waals surface area (Å²) in [6, 6.07) is 18.9. The molecular formula is C28H28N4. The van der Waals surface area contributed by atoms with Crippen LogP contribution in [0.1, 0.15) is 22.3 Å². The molecule has 7 rings (SSSR count). The Labute approximate surface area is 187 Å². The van der Waals surface area contributed by atoms with E-state index in [1.54, 1.807) is 0 Å². The summed E-state index contributed by atoms with van der Waals surface area (Å²) in [5, 5.41) is 11.4. The van der Waals surface area contributed by atoms with Gasteiger partial charge in [-0.1, -0.05) is 48.5 Å². The quantitative estimate of drug-likeness (QED) is 0.336. The van der Waals surface area contributed by atoms with Crippen molar-refractivity contribution in [2.75, 3.05) is 26.2 Å². The van der Waals surface area contributed by atoms with Gasteiger partial charge in [-0.3, -0.25) is 9.80 Å². The summed E-state index contributed by atoms with van der Waals surface area (Å²) in [5.41, 5.74) is 17.5. The van der Waals surface area contributed by atoms with Crippen LogP contribution in [0.3, 0.4) is 0 Å². The normalized spacial score (nSPS) is 16.8. The van der Waals surface area contributed by atoms with E-state index >= 15 is 0 Å². The summed E-state index contributed by atoms with van der Waals surface area (Å²) in [4.78, 5) is 4.93. The topological polar surface area (TPSA) is 58.5 Å². The molecule has 2 aliphatic heterocycles. The maximum absolute atomic E-state index is 5.87. The lowest BCUT2D eigenvalue weighted by molar-refractivity contribution is 0.260. The van der Waals surface area contributed by atoms with Gasteiger partial charge in [-0.25, -0.2) is 0 Å². The molecular weight excluding hydrogens is 392 g/mol. The van der Waals surface area contributed by atoms with Crippen molar-refractivity contribution < 1.29 is 0 Å². The molecule has 0 spiro atoms. The molecule has 4 N–H and O–H groups in total. The first-order valence-corrected chi connectivity index (χ1v) is 11.8. The molecule has 0 unspecified atom stereocenters. The highest BCUT2D eigenvalue weighted by Crippen LogP contribution is 2.46. The van der Waals surface area contributed by atoms with Gasteiger partial charge in [0.15, 0.2) is 0 Å². The van der Waals surface area contributed by atoms with E-state index in [0.717, 1.165) is 39.3 Å². The average molecular weight is 421 g/mol. The van der Waals surface area contributed by atoms with Gasteiger partial charge in [-0.2, -0.15) is 0 Å². The van der Waals surface area contributed by atoms with E-state index in [0.29, 0.717) is 13.1 Å². The van der Waals surface area contributed by atoms with Crippen LogP contribution in [0.5, 0.6) is 0 Å². The Morgan fingerprint density at radius 1 is 0.469 bits per heavy atom. The molecule has 2 aliphatic rings. The van der Waals surface area contributed by atoms with Gasteiger partial charge < -0.3 is 11.5 Å². The van der Waals surface area contributed by atoms with E-state index in [4.69, 9.17) is 11.5 Å². The first kappa shape index (κ1) is 18.8. The van der Waals surface area contributed by atoms with E-state index in [1.165, 1.54) is 65.3 Å². The van der Waals surface area contributed by atoms with Crippen LogP contribution < -0.4 is 11.5 Å². The SMILES string of the molecule is NCCN1Cc2ccc3c4ccc5c6c(ccc(c7ccc(c2c37)C1)c64)CN(CCN)C5. The third-order valence-corrected chi connectivity index (χ3v) is 7.71. The minimum absolute atomic E-state index is 0.706. The van der Waals surface area contributed by atoms with Gasteiger partial charge in [0, 0.05) is 52.4 Å². The highest BCUT2D eigenvalue weighted by atomic mass is 15.1. The van der Waals surface area contributed by atoms with Crippen LogP contribution in [0, 0.1) is 0 Å². The highest BCUT2D eigenvalue weighted by Gasteiger charge is 2.25. The fraction of sp³-hybridized carbons (Fsp3) is 0.286. The van der Waals surface area contributed by atoms with Gasteiger partial charge in [-0.15, -0.1) is 0 Å².